The van der Waals surface area contributed by atoms with Gasteiger partial charge in [0.25, 0.3) is 5.91 Å². The number of benzene rings is 2. The van der Waals surface area contributed by atoms with Crippen LogP contribution in [0.5, 0.6) is 0 Å². The van der Waals surface area contributed by atoms with Gasteiger partial charge in [-0.25, -0.2) is 9.97 Å². The van der Waals surface area contributed by atoms with E-state index in [0.717, 1.165) is 23.6 Å². The number of aromatic nitrogens is 2. The van der Waals surface area contributed by atoms with E-state index >= 15 is 0 Å². The summed E-state index contributed by atoms with van der Waals surface area (Å²) in [5.41, 5.74) is 1.15. The molecule has 0 atom stereocenters. The van der Waals surface area contributed by atoms with Crippen molar-refractivity contribution in [1.29, 1.82) is 0 Å². The number of carbonyl (C=O) groups is 2. The van der Waals surface area contributed by atoms with E-state index in [0.29, 0.717) is 43.4 Å². The van der Waals surface area contributed by atoms with E-state index in [-0.39, 0.29) is 17.7 Å². The predicted octanol–water partition coefficient (Wildman–Crippen LogP) is 2.94. The first-order chi connectivity index (χ1) is 14.7. The van der Waals surface area contributed by atoms with Crippen LogP contribution >= 0.6 is 0 Å². The Morgan fingerprint density at radius 1 is 0.900 bits per heavy atom. The van der Waals surface area contributed by atoms with Crippen LogP contribution in [0.4, 0.5) is 11.6 Å². The lowest BCUT2D eigenvalue weighted by atomic mass is 10.0. The first kappa shape index (κ1) is 18.5. The van der Waals surface area contributed by atoms with Crippen molar-refractivity contribution in [2.24, 2.45) is 5.92 Å². The van der Waals surface area contributed by atoms with E-state index in [1.165, 1.54) is 0 Å². The molecule has 2 amide bonds. The molecule has 30 heavy (non-hydrogen) atoms. The van der Waals surface area contributed by atoms with Crippen LogP contribution in [0.25, 0.3) is 10.8 Å². The maximum absolute atomic E-state index is 13.4. The SMILES string of the molecule is O=C(Nc1cc2ccccc2cc1C(=O)N1CCN(c2ncccn2)CC1)C1CC1. The van der Waals surface area contributed by atoms with E-state index in [9.17, 15) is 9.59 Å². The van der Waals surface area contributed by atoms with Crippen LogP contribution in [0, 0.1) is 5.92 Å². The summed E-state index contributed by atoms with van der Waals surface area (Å²) < 4.78 is 0. The van der Waals surface area contributed by atoms with Gasteiger partial charge in [-0.15, -0.1) is 0 Å². The van der Waals surface area contributed by atoms with E-state index in [1.807, 2.05) is 41.3 Å². The van der Waals surface area contributed by atoms with E-state index in [1.54, 1.807) is 18.5 Å². The molecule has 2 fully saturated rings. The number of amides is 2. The normalized spacial score (nSPS) is 16.5. The van der Waals surface area contributed by atoms with Gasteiger partial charge < -0.3 is 15.1 Å². The summed E-state index contributed by atoms with van der Waals surface area (Å²) in [7, 11) is 0. The molecule has 2 aromatic carbocycles. The van der Waals surface area contributed by atoms with Crippen molar-refractivity contribution in [1.82, 2.24) is 14.9 Å². The molecule has 1 aliphatic heterocycles. The van der Waals surface area contributed by atoms with Gasteiger partial charge in [-0.05, 0) is 41.8 Å². The fourth-order valence-electron chi connectivity index (χ4n) is 3.84. The molecule has 2 heterocycles. The molecule has 5 rings (SSSR count). The van der Waals surface area contributed by atoms with Crippen molar-refractivity contribution in [2.75, 3.05) is 36.4 Å². The summed E-state index contributed by atoms with van der Waals surface area (Å²) in [6.45, 7) is 2.51. The maximum Gasteiger partial charge on any atom is 0.256 e. The van der Waals surface area contributed by atoms with E-state index in [2.05, 4.69) is 20.2 Å². The molecule has 152 valence electrons. The van der Waals surface area contributed by atoms with Crippen molar-refractivity contribution in [3.63, 3.8) is 0 Å². The Morgan fingerprint density at radius 2 is 1.57 bits per heavy atom. The number of hydrogen-bond donors (Lipinski definition) is 1. The quantitative estimate of drug-likeness (QED) is 0.727. The lowest BCUT2D eigenvalue weighted by Gasteiger charge is -2.35. The van der Waals surface area contributed by atoms with Gasteiger partial charge in [0.1, 0.15) is 0 Å². The zero-order chi connectivity index (χ0) is 20.5. The van der Waals surface area contributed by atoms with Crippen LogP contribution in [0.1, 0.15) is 23.2 Å². The third-order valence-electron chi connectivity index (χ3n) is 5.72. The minimum absolute atomic E-state index is 0.00498. The summed E-state index contributed by atoms with van der Waals surface area (Å²) in [6, 6.07) is 13.5. The predicted molar refractivity (Wildman–Crippen MR) is 115 cm³/mol. The minimum Gasteiger partial charge on any atom is -0.337 e. The molecule has 1 aromatic heterocycles. The molecule has 7 heteroatoms. The molecule has 2 aliphatic rings. The van der Waals surface area contributed by atoms with Crippen LogP contribution in [-0.2, 0) is 4.79 Å². The fraction of sp³-hybridized carbons (Fsp3) is 0.304. The van der Waals surface area contributed by atoms with Crippen molar-refractivity contribution >= 4 is 34.2 Å². The van der Waals surface area contributed by atoms with Crippen molar-refractivity contribution in [3.8, 4) is 0 Å². The van der Waals surface area contributed by atoms with Gasteiger partial charge in [0, 0.05) is 44.5 Å². The van der Waals surface area contributed by atoms with E-state index < -0.39 is 0 Å². The summed E-state index contributed by atoms with van der Waals surface area (Å²) in [5.74, 6) is 0.715. The largest absolute Gasteiger partial charge is 0.337 e. The Balaban J connectivity index is 1.39. The average molecular weight is 401 g/mol. The van der Waals surface area contributed by atoms with Crippen LogP contribution < -0.4 is 10.2 Å². The summed E-state index contributed by atoms with van der Waals surface area (Å²) in [6.07, 6.45) is 5.30. The highest BCUT2D eigenvalue weighted by molar-refractivity contribution is 6.08. The number of anilines is 2. The molecule has 0 radical (unpaired) electrons. The zero-order valence-corrected chi connectivity index (χ0v) is 16.6. The molecular formula is C23H23N5O2. The van der Waals surface area contributed by atoms with Gasteiger partial charge in [-0.3, -0.25) is 9.59 Å². The van der Waals surface area contributed by atoms with Gasteiger partial charge in [0.2, 0.25) is 11.9 Å². The standard InChI is InChI=1S/C23H23N5O2/c29-21(16-6-7-16)26-20-15-18-5-2-1-4-17(18)14-19(20)22(30)27-10-12-28(13-11-27)23-24-8-3-9-25-23/h1-5,8-9,14-16H,6-7,10-13H2,(H,26,29). The number of piperazine rings is 1. The van der Waals surface area contributed by atoms with Gasteiger partial charge in [-0.1, -0.05) is 24.3 Å². The Morgan fingerprint density at radius 3 is 2.23 bits per heavy atom. The molecule has 7 nitrogen and oxygen atoms in total. The second-order valence-corrected chi connectivity index (χ2v) is 7.84. The van der Waals surface area contributed by atoms with Crippen LogP contribution in [0.15, 0.2) is 54.9 Å². The second kappa shape index (κ2) is 7.74. The third kappa shape index (κ3) is 3.70. The van der Waals surface area contributed by atoms with Crippen molar-refractivity contribution in [2.45, 2.75) is 12.8 Å². The van der Waals surface area contributed by atoms with Gasteiger partial charge in [-0.2, -0.15) is 0 Å². The van der Waals surface area contributed by atoms with Crippen molar-refractivity contribution in [3.05, 3.63) is 60.4 Å². The molecule has 0 bridgehead atoms. The topological polar surface area (TPSA) is 78.4 Å². The zero-order valence-electron chi connectivity index (χ0n) is 16.6. The Kier molecular flexibility index (Phi) is 4.78. The Labute approximate surface area is 174 Å². The molecule has 1 saturated heterocycles. The number of rotatable bonds is 4. The molecule has 3 aromatic rings. The van der Waals surface area contributed by atoms with Crippen molar-refractivity contribution < 1.29 is 9.59 Å². The van der Waals surface area contributed by atoms with Crippen LogP contribution in [0.2, 0.25) is 0 Å². The number of hydrogen-bond acceptors (Lipinski definition) is 5. The molecule has 1 saturated carbocycles. The smallest absolute Gasteiger partial charge is 0.256 e. The van der Waals surface area contributed by atoms with E-state index in [4.69, 9.17) is 0 Å². The third-order valence-corrected chi connectivity index (χ3v) is 5.72. The summed E-state index contributed by atoms with van der Waals surface area (Å²) >= 11 is 0. The molecular weight excluding hydrogens is 378 g/mol. The molecule has 0 spiro atoms. The maximum atomic E-state index is 13.4. The first-order valence-electron chi connectivity index (χ1n) is 10.3. The summed E-state index contributed by atoms with van der Waals surface area (Å²) in [4.78, 5) is 38.3. The molecule has 0 unspecified atom stereocenters. The van der Waals surface area contributed by atoms with Gasteiger partial charge in [0.05, 0.1) is 11.3 Å². The average Bonchev–Trinajstić information content (AvgIpc) is 3.65. The Bertz CT molecular complexity index is 1090. The monoisotopic (exact) mass is 401 g/mol. The molecule has 1 N–H and O–H groups in total. The summed E-state index contributed by atoms with van der Waals surface area (Å²) in [5, 5.41) is 5.00. The van der Waals surface area contributed by atoms with Gasteiger partial charge in [0.15, 0.2) is 0 Å². The second-order valence-electron chi connectivity index (χ2n) is 7.84. The first-order valence-corrected chi connectivity index (χ1v) is 10.3. The highest BCUT2D eigenvalue weighted by atomic mass is 16.2. The molecule has 1 aliphatic carbocycles. The van der Waals surface area contributed by atoms with Crippen LogP contribution in [0.3, 0.4) is 0 Å². The minimum atomic E-state index is -0.0551. The lowest BCUT2D eigenvalue weighted by molar-refractivity contribution is -0.117. The lowest BCUT2D eigenvalue weighted by Crippen LogP contribution is -2.49. The van der Waals surface area contributed by atoms with Gasteiger partial charge >= 0.3 is 0 Å². The van der Waals surface area contributed by atoms with Crippen LogP contribution in [-0.4, -0.2) is 52.9 Å². The number of nitrogens with zero attached hydrogens (tertiary/aromatic N) is 4. The fourth-order valence-corrected chi connectivity index (χ4v) is 3.84. The number of carbonyl (C=O) groups excluding carboxylic acids is 2. The number of nitrogens with one attached hydrogen (secondary N) is 1. The highest BCUT2D eigenvalue weighted by Gasteiger charge is 2.31. The Hall–Kier alpha value is -3.48. The highest BCUT2D eigenvalue weighted by Crippen LogP contribution is 2.32. The number of fused-ring (bicyclic) bond motifs is 1.